The zero-order valence-corrected chi connectivity index (χ0v) is 9.62. The summed E-state index contributed by atoms with van der Waals surface area (Å²) in [6.45, 7) is 3.47. The van der Waals surface area contributed by atoms with Gasteiger partial charge in [-0.2, -0.15) is 0 Å². The van der Waals surface area contributed by atoms with Gasteiger partial charge in [-0.1, -0.05) is 13.3 Å². The third-order valence-electron chi connectivity index (χ3n) is 1.27. The van der Waals surface area contributed by atoms with Gasteiger partial charge in [-0.15, -0.1) is 23.2 Å². The van der Waals surface area contributed by atoms with Gasteiger partial charge in [0.15, 0.2) is 0 Å². The van der Waals surface area contributed by atoms with Crippen molar-refractivity contribution < 1.29 is 25.2 Å². The van der Waals surface area contributed by atoms with E-state index in [4.69, 9.17) is 23.2 Å². The van der Waals surface area contributed by atoms with Crippen molar-refractivity contribution in [3.63, 3.8) is 0 Å². The number of carbonyl (C=O) groups is 1. The van der Waals surface area contributed by atoms with E-state index in [0.717, 1.165) is 12.8 Å². The molecule has 0 aromatic heterocycles. The molecule has 0 aliphatic rings. The Morgan fingerprint density at radius 2 is 1.91 bits per heavy atom. The second-order valence-corrected chi connectivity index (χ2v) is 3.35. The normalized spacial score (nSPS) is 14.9. The van der Waals surface area contributed by atoms with E-state index >= 15 is 0 Å². The number of alkyl halides is 2. The van der Waals surface area contributed by atoms with Gasteiger partial charge in [0.2, 0.25) is 0 Å². The maximum Gasteiger partial charge on any atom is 0.149 e. The standard InChI is InChI=1S/C7H12Cl2O.Pd/c1-3-4-6(8)7(9)5(2)10;/h6-7H,3-4H2,1-2H3;. The van der Waals surface area contributed by atoms with Crippen LogP contribution in [0.2, 0.25) is 0 Å². The molecule has 0 bridgehead atoms. The minimum atomic E-state index is -0.512. The Hall–Kier alpha value is 0.912. The molecule has 70 valence electrons. The molecule has 0 radical (unpaired) electrons. The molecule has 0 aliphatic carbocycles. The molecule has 0 saturated carbocycles. The fourth-order valence-corrected chi connectivity index (χ4v) is 1.20. The van der Waals surface area contributed by atoms with Crippen molar-refractivity contribution in [2.45, 2.75) is 37.4 Å². The third kappa shape index (κ3) is 6.11. The number of rotatable bonds is 4. The first kappa shape index (κ1) is 14.4. The molecule has 0 N–H and O–H groups in total. The van der Waals surface area contributed by atoms with E-state index in [1.165, 1.54) is 6.92 Å². The summed E-state index contributed by atoms with van der Waals surface area (Å²) in [5, 5.41) is -0.717. The molecule has 0 amide bonds. The van der Waals surface area contributed by atoms with Crippen molar-refractivity contribution in [3.05, 3.63) is 0 Å². The molecule has 0 heterocycles. The van der Waals surface area contributed by atoms with Crippen LogP contribution in [0.5, 0.6) is 0 Å². The third-order valence-corrected chi connectivity index (χ3v) is 2.48. The van der Waals surface area contributed by atoms with Crippen LogP contribution >= 0.6 is 23.2 Å². The first-order valence-electron chi connectivity index (χ1n) is 3.38. The minimum Gasteiger partial charge on any atom is -0.298 e. The van der Waals surface area contributed by atoms with Crippen LogP contribution in [-0.4, -0.2) is 16.5 Å². The van der Waals surface area contributed by atoms with Gasteiger partial charge in [-0.05, 0) is 13.3 Å². The number of hydrogen-bond donors (Lipinski definition) is 0. The first-order valence-corrected chi connectivity index (χ1v) is 4.25. The second kappa shape index (κ2) is 7.56. The zero-order valence-electron chi connectivity index (χ0n) is 6.55. The molecule has 2 unspecified atom stereocenters. The van der Waals surface area contributed by atoms with E-state index in [2.05, 4.69) is 0 Å². The monoisotopic (exact) mass is 288 g/mol. The summed E-state index contributed by atoms with van der Waals surface area (Å²) in [6.07, 6.45) is 1.76. The van der Waals surface area contributed by atoms with Crippen LogP contribution < -0.4 is 0 Å². The molecular formula is C7H12Cl2OPd. The Morgan fingerprint density at radius 1 is 1.45 bits per heavy atom. The molecule has 11 heavy (non-hydrogen) atoms. The number of Topliss-reactive ketones (excluding diaryl/α,β-unsaturated/α-hetero) is 1. The minimum absolute atomic E-state index is 0. The fraction of sp³-hybridized carbons (Fsp3) is 0.857. The Labute approximate surface area is 91.5 Å². The van der Waals surface area contributed by atoms with E-state index in [1.807, 2.05) is 6.92 Å². The van der Waals surface area contributed by atoms with E-state index in [1.54, 1.807) is 0 Å². The Balaban J connectivity index is 0. The van der Waals surface area contributed by atoms with Crippen molar-refractivity contribution in [3.8, 4) is 0 Å². The quantitative estimate of drug-likeness (QED) is 0.574. The number of ketones is 1. The average molecular weight is 289 g/mol. The van der Waals surface area contributed by atoms with E-state index in [0.29, 0.717) is 0 Å². The van der Waals surface area contributed by atoms with Crippen molar-refractivity contribution in [1.82, 2.24) is 0 Å². The van der Waals surface area contributed by atoms with Gasteiger partial charge in [-0.25, -0.2) is 0 Å². The molecule has 2 atom stereocenters. The maximum atomic E-state index is 10.6. The zero-order chi connectivity index (χ0) is 8.15. The average Bonchev–Trinajstić information content (AvgIpc) is 1.87. The Morgan fingerprint density at radius 3 is 2.18 bits per heavy atom. The largest absolute Gasteiger partial charge is 0.298 e. The van der Waals surface area contributed by atoms with Crippen molar-refractivity contribution in [1.29, 1.82) is 0 Å². The van der Waals surface area contributed by atoms with E-state index in [9.17, 15) is 4.79 Å². The molecule has 1 nitrogen and oxygen atoms in total. The SMILES string of the molecule is CCCC(Cl)C(Cl)C(C)=O.[Pd]. The summed E-state index contributed by atoms with van der Waals surface area (Å²) < 4.78 is 0. The van der Waals surface area contributed by atoms with Gasteiger partial charge in [-0.3, -0.25) is 4.79 Å². The van der Waals surface area contributed by atoms with Crippen LogP contribution in [0.3, 0.4) is 0 Å². The van der Waals surface area contributed by atoms with Crippen LogP contribution in [-0.2, 0) is 25.2 Å². The molecule has 0 aromatic carbocycles. The van der Waals surface area contributed by atoms with Crippen LogP contribution in [0.1, 0.15) is 26.7 Å². The summed E-state index contributed by atoms with van der Waals surface area (Å²) in [4.78, 5) is 10.6. The Bertz CT molecular complexity index is 119. The maximum absolute atomic E-state index is 10.6. The van der Waals surface area contributed by atoms with Crippen LogP contribution in [0, 0.1) is 0 Å². The molecule has 0 spiro atoms. The molecule has 4 heteroatoms. The van der Waals surface area contributed by atoms with Gasteiger partial charge in [0, 0.05) is 20.4 Å². The van der Waals surface area contributed by atoms with Gasteiger partial charge >= 0.3 is 0 Å². The van der Waals surface area contributed by atoms with Gasteiger partial charge in [0.25, 0.3) is 0 Å². The van der Waals surface area contributed by atoms with Gasteiger partial charge in [0.1, 0.15) is 11.2 Å². The topological polar surface area (TPSA) is 17.1 Å². The predicted octanol–water partition coefficient (Wildman–Crippen LogP) is 2.59. The molecule has 0 fully saturated rings. The molecular weight excluding hydrogens is 277 g/mol. The van der Waals surface area contributed by atoms with Crippen molar-refractivity contribution in [2.75, 3.05) is 0 Å². The molecule has 0 aromatic rings. The number of halogens is 2. The predicted molar refractivity (Wildman–Crippen MR) is 44.9 cm³/mol. The first-order chi connectivity index (χ1) is 4.59. The van der Waals surface area contributed by atoms with Gasteiger partial charge < -0.3 is 0 Å². The van der Waals surface area contributed by atoms with E-state index < -0.39 is 5.38 Å². The molecule has 0 saturated heterocycles. The van der Waals surface area contributed by atoms with Crippen LogP contribution in [0.4, 0.5) is 0 Å². The summed E-state index contributed by atoms with van der Waals surface area (Å²) in [5.74, 6) is -0.0462. The van der Waals surface area contributed by atoms with Crippen molar-refractivity contribution in [2.24, 2.45) is 0 Å². The fourth-order valence-electron chi connectivity index (χ4n) is 0.677. The molecule has 0 aliphatic heterocycles. The second-order valence-electron chi connectivity index (χ2n) is 2.32. The molecule has 0 rings (SSSR count). The van der Waals surface area contributed by atoms with Gasteiger partial charge in [0.05, 0.1) is 5.38 Å². The van der Waals surface area contributed by atoms with Crippen LogP contribution in [0.15, 0.2) is 0 Å². The number of hydrogen-bond acceptors (Lipinski definition) is 1. The smallest absolute Gasteiger partial charge is 0.149 e. The summed E-state index contributed by atoms with van der Waals surface area (Å²) in [7, 11) is 0. The summed E-state index contributed by atoms with van der Waals surface area (Å²) in [6, 6.07) is 0. The number of carbonyl (C=O) groups excluding carboxylic acids is 1. The van der Waals surface area contributed by atoms with Crippen LogP contribution in [0.25, 0.3) is 0 Å². The summed E-state index contributed by atoms with van der Waals surface area (Å²) >= 11 is 11.4. The van der Waals surface area contributed by atoms with Crippen molar-refractivity contribution >= 4 is 29.0 Å². The summed E-state index contributed by atoms with van der Waals surface area (Å²) in [5.41, 5.74) is 0. The van der Waals surface area contributed by atoms with E-state index in [-0.39, 0.29) is 31.6 Å². The Kier molecular flexibility index (Phi) is 9.92.